The molecule has 4 atom stereocenters. The molecule has 1 saturated heterocycles. The lowest BCUT2D eigenvalue weighted by atomic mass is 9.74. The van der Waals surface area contributed by atoms with Crippen LogP contribution in [0.5, 0.6) is 0 Å². The number of alkyl halides is 3. The summed E-state index contributed by atoms with van der Waals surface area (Å²) in [4.78, 5) is 19.5. The van der Waals surface area contributed by atoms with E-state index in [1.54, 1.807) is 0 Å². The minimum Gasteiger partial charge on any atom is -0.381 e. The van der Waals surface area contributed by atoms with Crippen LogP contribution in [0.25, 0.3) is 5.57 Å². The first-order valence-corrected chi connectivity index (χ1v) is 13.0. The van der Waals surface area contributed by atoms with E-state index in [2.05, 4.69) is 31.1 Å². The van der Waals surface area contributed by atoms with Gasteiger partial charge in [-0.15, -0.1) is 0 Å². The Morgan fingerprint density at radius 1 is 1.31 bits per heavy atom. The van der Waals surface area contributed by atoms with Gasteiger partial charge < -0.3 is 15.0 Å². The Hall–Kier alpha value is -1.93. The molecule has 2 fully saturated rings. The van der Waals surface area contributed by atoms with Gasteiger partial charge in [0.25, 0.3) is 0 Å². The Kier molecular flexibility index (Phi) is 7.91. The molecule has 194 valence electrons. The maximum absolute atomic E-state index is 13.8. The van der Waals surface area contributed by atoms with Crippen LogP contribution in [0, 0.1) is 17.3 Å². The number of ether oxygens (including phenoxy) is 1. The highest BCUT2D eigenvalue weighted by Gasteiger charge is 2.49. The van der Waals surface area contributed by atoms with E-state index in [1.165, 1.54) is 6.20 Å². The second-order valence-corrected chi connectivity index (χ2v) is 10.7. The van der Waals surface area contributed by atoms with Crippen LogP contribution in [0.4, 0.5) is 13.2 Å². The van der Waals surface area contributed by atoms with Gasteiger partial charge in [-0.2, -0.15) is 13.2 Å². The SMILES string of the molecule is CCC1COCCC1N[C@@H]1CCC(C(=O)N2CC=C(c3cncc(C(F)(F)F)c3)CC2)(C(C)C)C1. The topological polar surface area (TPSA) is 54.5 Å². The zero-order valence-corrected chi connectivity index (χ0v) is 21.0. The zero-order valence-electron chi connectivity index (χ0n) is 21.0. The van der Waals surface area contributed by atoms with Gasteiger partial charge in [0.15, 0.2) is 0 Å². The van der Waals surface area contributed by atoms with Gasteiger partial charge in [0, 0.05) is 44.2 Å². The van der Waals surface area contributed by atoms with Gasteiger partial charge in [-0.05, 0) is 67.6 Å². The second kappa shape index (κ2) is 10.6. The van der Waals surface area contributed by atoms with Gasteiger partial charge >= 0.3 is 6.18 Å². The quantitative estimate of drug-likeness (QED) is 0.583. The van der Waals surface area contributed by atoms with Gasteiger partial charge in [-0.1, -0.05) is 26.8 Å². The van der Waals surface area contributed by atoms with Crippen LogP contribution in [-0.2, 0) is 15.7 Å². The van der Waals surface area contributed by atoms with Gasteiger partial charge in [0.2, 0.25) is 5.91 Å². The third-order valence-corrected chi connectivity index (χ3v) is 8.46. The summed E-state index contributed by atoms with van der Waals surface area (Å²) in [6, 6.07) is 1.92. The van der Waals surface area contributed by atoms with Crippen molar-refractivity contribution >= 4 is 11.5 Å². The lowest BCUT2D eigenvalue weighted by molar-refractivity contribution is -0.144. The lowest BCUT2D eigenvalue weighted by Gasteiger charge is -2.39. The third-order valence-electron chi connectivity index (χ3n) is 8.46. The van der Waals surface area contributed by atoms with E-state index in [0.717, 1.165) is 63.2 Å². The average Bonchev–Trinajstić information content (AvgIpc) is 3.29. The average molecular weight is 494 g/mol. The first kappa shape index (κ1) is 26.1. The van der Waals surface area contributed by atoms with Gasteiger partial charge in [0.1, 0.15) is 0 Å². The highest BCUT2D eigenvalue weighted by Crippen LogP contribution is 2.47. The minimum atomic E-state index is -4.42. The molecular weight excluding hydrogens is 455 g/mol. The minimum absolute atomic E-state index is 0.188. The number of rotatable bonds is 6. The number of aromatic nitrogens is 1. The molecule has 0 bridgehead atoms. The molecule has 2 aliphatic heterocycles. The van der Waals surface area contributed by atoms with Crippen LogP contribution in [0.2, 0.25) is 0 Å². The van der Waals surface area contributed by atoms with E-state index >= 15 is 0 Å². The molecule has 1 aromatic rings. The second-order valence-electron chi connectivity index (χ2n) is 10.7. The molecule has 1 amide bonds. The van der Waals surface area contributed by atoms with Gasteiger partial charge in [0.05, 0.1) is 17.6 Å². The first-order valence-electron chi connectivity index (χ1n) is 13.0. The number of amides is 1. The molecule has 4 rings (SSSR count). The standard InChI is InChI=1S/C27H38F3N3O2/c1-4-19-17-35-12-8-24(19)32-23-5-9-26(14-23,18(2)3)25(34)33-10-6-20(7-11-33)21-13-22(16-31-15-21)27(28,29)30/h6,13,15-16,18-19,23-24,32H,4-5,7-12,14,17H2,1-3H3/t19?,23-,24?,26?/m1/s1. The van der Waals surface area contributed by atoms with Crippen molar-refractivity contribution in [2.45, 2.75) is 77.6 Å². The fourth-order valence-electron chi connectivity index (χ4n) is 6.11. The van der Waals surface area contributed by atoms with Crippen LogP contribution < -0.4 is 5.32 Å². The van der Waals surface area contributed by atoms with Crippen LogP contribution in [0.1, 0.15) is 70.4 Å². The highest BCUT2D eigenvalue weighted by molar-refractivity contribution is 5.84. The highest BCUT2D eigenvalue weighted by atomic mass is 19.4. The van der Waals surface area contributed by atoms with Crippen LogP contribution >= 0.6 is 0 Å². The summed E-state index contributed by atoms with van der Waals surface area (Å²) in [5.74, 6) is 0.925. The Morgan fingerprint density at radius 2 is 2.11 bits per heavy atom. The summed E-state index contributed by atoms with van der Waals surface area (Å²) < 4.78 is 44.9. The number of halogens is 3. The molecule has 1 N–H and O–H groups in total. The van der Waals surface area contributed by atoms with Gasteiger partial charge in [-0.25, -0.2) is 0 Å². The van der Waals surface area contributed by atoms with Crippen molar-refractivity contribution < 1.29 is 22.7 Å². The summed E-state index contributed by atoms with van der Waals surface area (Å²) in [7, 11) is 0. The normalized spacial score (nSPS) is 30.0. The molecule has 3 unspecified atom stereocenters. The molecule has 35 heavy (non-hydrogen) atoms. The molecule has 0 aromatic carbocycles. The van der Waals surface area contributed by atoms with E-state index < -0.39 is 17.2 Å². The van der Waals surface area contributed by atoms with E-state index in [1.807, 2.05) is 11.0 Å². The monoisotopic (exact) mass is 493 g/mol. The number of nitrogens with zero attached hydrogens (tertiary/aromatic N) is 2. The number of hydrogen-bond donors (Lipinski definition) is 1. The van der Waals surface area contributed by atoms with E-state index in [4.69, 9.17) is 4.74 Å². The molecule has 8 heteroatoms. The molecule has 1 aromatic heterocycles. The van der Waals surface area contributed by atoms with Crippen molar-refractivity contribution in [2.24, 2.45) is 17.3 Å². The Morgan fingerprint density at radius 3 is 2.77 bits per heavy atom. The van der Waals surface area contributed by atoms with E-state index in [-0.39, 0.29) is 11.8 Å². The molecule has 3 heterocycles. The van der Waals surface area contributed by atoms with Crippen molar-refractivity contribution in [1.82, 2.24) is 15.2 Å². The van der Waals surface area contributed by atoms with Crippen LogP contribution in [0.3, 0.4) is 0 Å². The fourth-order valence-corrected chi connectivity index (χ4v) is 6.11. The number of hydrogen-bond acceptors (Lipinski definition) is 4. The van der Waals surface area contributed by atoms with Crippen LogP contribution in [0.15, 0.2) is 24.5 Å². The maximum atomic E-state index is 13.8. The van der Waals surface area contributed by atoms with Crippen molar-refractivity contribution in [2.75, 3.05) is 26.3 Å². The largest absolute Gasteiger partial charge is 0.417 e. The maximum Gasteiger partial charge on any atom is 0.417 e. The number of pyridine rings is 1. The van der Waals surface area contributed by atoms with Crippen molar-refractivity contribution in [3.8, 4) is 0 Å². The third kappa shape index (κ3) is 5.58. The molecule has 3 aliphatic rings. The predicted molar refractivity (Wildman–Crippen MR) is 129 cm³/mol. The Balaban J connectivity index is 1.43. The Labute approximate surface area is 206 Å². The fraction of sp³-hybridized carbons (Fsp3) is 0.704. The summed E-state index contributed by atoms with van der Waals surface area (Å²) in [5, 5.41) is 3.87. The van der Waals surface area contributed by atoms with E-state index in [9.17, 15) is 18.0 Å². The number of carbonyl (C=O) groups excluding carboxylic acids is 1. The predicted octanol–water partition coefficient (Wildman–Crippen LogP) is 5.32. The Bertz CT molecular complexity index is 932. The summed E-state index contributed by atoms with van der Waals surface area (Å²) in [6.45, 7) is 9.03. The van der Waals surface area contributed by atoms with Crippen LogP contribution in [-0.4, -0.2) is 54.2 Å². The molecule has 5 nitrogen and oxygen atoms in total. The smallest absolute Gasteiger partial charge is 0.381 e. The lowest BCUT2D eigenvalue weighted by Crippen LogP contribution is -2.49. The summed E-state index contributed by atoms with van der Waals surface area (Å²) in [5.41, 5.74) is 0.167. The molecule has 0 radical (unpaired) electrons. The van der Waals surface area contributed by atoms with E-state index in [0.29, 0.717) is 43.1 Å². The van der Waals surface area contributed by atoms with Crippen molar-refractivity contribution in [1.29, 1.82) is 0 Å². The molecule has 1 saturated carbocycles. The number of nitrogens with one attached hydrogen (secondary N) is 1. The van der Waals surface area contributed by atoms with Crippen molar-refractivity contribution in [3.63, 3.8) is 0 Å². The molecule has 1 aliphatic carbocycles. The summed E-state index contributed by atoms with van der Waals surface area (Å²) in [6.07, 6.45) is 5.12. The summed E-state index contributed by atoms with van der Waals surface area (Å²) >= 11 is 0. The first-order chi connectivity index (χ1) is 16.6. The van der Waals surface area contributed by atoms with Gasteiger partial charge in [-0.3, -0.25) is 9.78 Å². The van der Waals surface area contributed by atoms with Crippen molar-refractivity contribution in [3.05, 3.63) is 35.7 Å². The molecule has 0 spiro atoms. The molecular formula is C27H38F3N3O2. The number of carbonyl (C=O) groups is 1. The zero-order chi connectivity index (χ0) is 25.2.